The van der Waals surface area contributed by atoms with Crippen molar-refractivity contribution in [3.63, 3.8) is 0 Å². The van der Waals surface area contributed by atoms with Gasteiger partial charge in [-0.1, -0.05) is 12.1 Å². The number of nitrogen functional groups attached to an aromatic ring is 1. The largest absolute Gasteiger partial charge is 0.398 e. The molecule has 0 fully saturated rings. The van der Waals surface area contributed by atoms with Crippen molar-refractivity contribution in [3.05, 3.63) is 64.5 Å². The highest BCUT2D eigenvalue weighted by atomic mass is 19.2. The highest BCUT2D eigenvalue weighted by Crippen LogP contribution is 2.20. The van der Waals surface area contributed by atoms with E-state index >= 15 is 0 Å². The van der Waals surface area contributed by atoms with Gasteiger partial charge in [-0.15, -0.1) is 0 Å². The van der Waals surface area contributed by atoms with E-state index in [2.05, 4.69) is 0 Å². The van der Waals surface area contributed by atoms with Gasteiger partial charge in [0.25, 0.3) is 0 Å². The second-order valence-corrected chi connectivity index (χ2v) is 4.12. The SMILES string of the molecule is Cc1ccc(C(=O)c2ccc(F)c(F)c2F)cc1N. The lowest BCUT2D eigenvalue weighted by atomic mass is 10.0. The molecule has 0 radical (unpaired) electrons. The maximum Gasteiger partial charge on any atom is 0.196 e. The van der Waals surface area contributed by atoms with E-state index in [4.69, 9.17) is 5.73 Å². The molecule has 0 saturated heterocycles. The molecule has 2 aromatic rings. The molecule has 0 amide bonds. The normalized spacial score (nSPS) is 10.5. The topological polar surface area (TPSA) is 43.1 Å². The van der Waals surface area contributed by atoms with Crippen LogP contribution in [0.3, 0.4) is 0 Å². The summed E-state index contributed by atoms with van der Waals surface area (Å²) in [7, 11) is 0. The van der Waals surface area contributed by atoms with Gasteiger partial charge in [-0.2, -0.15) is 0 Å². The molecule has 0 aliphatic carbocycles. The van der Waals surface area contributed by atoms with Gasteiger partial charge in [0, 0.05) is 11.3 Å². The summed E-state index contributed by atoms with van der Waals surface area (Å²) in [5.41, 5.74) is 6.38. The van der Waals surface area contributed by atoms with Crippen molar-refractivity contribution in [2.75, 3.05) is 5.73 Å². The van der Waals surface area contributed by atoms with Gasteiger partial charge in [0.2, 0.25) is 0 Å². The van der Waals surface area contributed by atoms with E-state index in [1.54, 1.807) is 13.0 Å². The second kappa shape index (κ2) is 4.76. The molecule has 0 spiro atoms. The van der Waals surface area contributed by atoms with Crippen LogP contribution in [0.5, 0.6) is 0 Å². The van der Waals surface area contributed by atoms with E-state index in [0.717, 1.165) is 11.6 Å². The maximum atomic E-state index is 13.5. The van der Waals surface area contributed by atoms with Crippen molar-refractivity contribution >= 4 is 11.5 Å². The summed E-state index contributed by atoms with van der Waals surface area (Å²) in [5, 5.41) is 0. The van der Waals surface area contributed by atoms with Crippen LogP contribution in [-0.2, 0) is 0 Å². The minimum atomic E-state index is -1.66. The average Bonchev–Trinajstić information content (AvgIpc) is 2.39. The first-order chi connectivity index (χ1) is 8.91. The summed E-state index contributed by atoms with van der Waals surface area (Å²) < 4.78 is 39.4. The molecule has 0 unspecified atom stereocenters. The molecule has 0 atom stereocenters. The van der Waals surface area contributed by atoms with Crippen LogP contribution in [-0.4, -0.2) is 5.78 Å². The fourth-order valence-electron chi connectivity index (χ4n) is 1.64. The predicted molar refractivity (Wildman–Crippen MR) is 65.3 cm³/mol. The zero-order valence-electron chi connectivity index (χ0n) is 10.0. The van der Waals surface area contributed by atoms with Gasteiger partial charge >= 0.3 is 0 Å². The van der Waals surface area contributed by atoms with Crippen LogP contribution in [0.2, 0.25) is 0 Å². The van der Waals surface area contributed by atoms with Crippen molar-refractivity contribution in [2.24, 2.45) is 0 Å². The number of ketones is 1. The first kappa shape index (κ1) is 13.1. The zero-order chi connectivity index (χ0) is 14.2. The molecule has 98 valence electrons. The number of nitrogens with two attached hydrogens (primary N) is 1. The highest BCUT2D eigenvalue weighted by Gasteiger charge is 2.20. The van der Waals surface area contributed by atoms with Crippen LogP contribution in [0, 0.1) is 24.4 Å². The summed E-state index contributed by atoms with van der Waals surface area (Å²) in [6, 6.07) is 6.04. The Kier molecular flexibility index (Phi) is 3.29. The third-order valence-electron chi connectivity index (χ3n) is 2.82. The molecule has 2 nitrogen and oxygen atoms in total. The number of hydrogen-bond donors (Lipinski definition) is 1. The van der Waals surface area contributed by atoms with Crippen molar-refractivity contribution in [1.29, 1.82) is 0 Å². The second-order valence-electron chi connectivity index (χ2n) is 4.12. The molecule has 2 aromatic carbocycles. The number of benzene rings is 2. The number of anilines is 1. The number of halogens is 3. The van der Waals surface area contributed by atoms with Crippen LogP contribution in [0.4, 0.5) is 18.9 Å². The Balaban J connectivity index is 2.50. The molecule has 0 bridgehead atoms. The zero-order valence-corrected chi connectivity index (χ0v) is 10.0. The van der Waals surface area contributed by atoms with Crippen LogP contribution in [0.25, 0.3) is 0 Å². The van der Waals surface area contributed by atoms with E-state index in [-0.39, 0.29) is 5.56 Å². The van der Waals surface area contributed by atoms with E-state index in [1.165, 1.54) is 12.1 Å². The molecule has 5 heteroatoms. The quantitative estimate of drug-likeness (QED) is 0.514. The van der Waals surface area contributed by atoms with E-state index in [9.17, 15) is 18.0 Å². The Morgan fingerprint density at radius 1 is 1.05 bits per heavy atom. The minimum absolute atomic E-state index is 0.119. The van der Waals surface area contributed by atoms with Crippen molar-refractivity contribution in [3.8, 4) is 0 Å². The summed E-state index contributed by atoms with van der Waals surface area (Å²) in [6.07, 6.45) is 0. The van der Waals surface area contributed by atoms with Gasteiger partial charge in [0.15, 0.2) is 23.2 Å². The van der Waals surface area contributed by atoms with Crippen molar-refractivity contribution in [2.45, 2.75) is 6.92 Å². The highest BCUT2D eigenvalue weighted by molar-refractivity contribution is 6.09. The number of aryl methyl sites for hydroxylation is 1. The molecule has 0 aromatic heterocycles. The third kappa shape index (κ3) is 2.31. The number of carbonyl (C=O) groups excluding carboxylic acids is 1. The Morgan fingerprint density at radius 2 is 1.74 bits per heavy atom. The molecule has 0 saturated carbocycles. The molecular formula is C14H10F3NO. The minimum Gasteiger partial charge on any atom is -0.398 e. The number of hydrogen-bond acceptors (Lipinski definition) is 2. The monoisotopic (exact) mass is 265 g/mol. The average molecular weight is 265 g/mol. The number of carbonyl (C=O) groups is 1. The Morgan fingerprint density at radius 3 is 2.37 bits per heavy atom. The van der Waals surface area contributed by atoms with Gasteiger partial charge in [0.1, 0.15) is 0 Å². The predicted octanol–water partition coefficient (Wildman–Crippen LogP) is 3.23. The van der Waals surface area contributed by atoms with Crippen LogP contribution in [0.1, 0.15) is 21.5 Å². The Bertz CT molecular complexity index is 668. The first-order valence-corrected chi connectivity index (χ1v) is 5.46. The number of rotatable bonds is 2. The van der Waals surface area contributed by atoms with Crippen LogP contribution < -0.4 is 5.73 Å². The molecule has 0 heterocycles. The lowest BCUT2D eigenvalue weighted by Crippen LogP contribution is -2.08. The summed E-state index contributed by atoms with van der Waals surface area (Å²) in [5.74, 6) is -5.24. The fraction of sp³-hybridized carbons (Fsp3) is 0.0714. The molecule has 0 aliphatic rings. The molecule has 2 rings (SSSR count). The molecule has 0 aliphatic heterocycles. The lowest BCUT2D eigenvalue weighted by molar-refractivity contribution is 0.103. The standard InChI is InChI=1S/C14H10F3NO/c1-7-2-3-8(6-11(7)18)14(19)9-4-5-10(15)13(17)12(9)16/h2-6H,18H2,1H3. The Labute approximate surface area is 107 Å². The molecular weight excluding hydrogens is 255 g/mol. The maximum absolute atomic E-state index is 13.5. The van der Waals surface area contributed by atoms with Gasteiger partial charge in [-0.05, 0) is 30.7 Å². The summed E-state index contributed by atoms with van der Waals surface area (Å²) >= 11 is 0. The lowest BCUT2D eigenvalue weighted by Gasteiger charge is -2.06. The summed E-state index contributed by atoms with van der Waals surface area (Å²) in [4.78, 5) is 12.0. The smallest absolute Gasteiger partial charge is 0.196 e. The Hall–Kier alpha value is -2.30. The first-order valence-electron chi connectivity index (χ1n) is 5.46. The van der Waals surface area contributed by atoms with Crippen molar-refractivity contribution < 1.29 is 18.0 Å². The van der Waals surface area contributed by atoms with Crippen LogP contribution >= 0.6 is 0 Å². The van der Waals surface area contributed by atoms with Crippen LogP contribution in [0.15, 0.2) is 30.3 Å². The van der Waals surface area contributed by atoms with E-state index in [1.807, 2.05) is 0 Å². The summed E-state index contributed by atoms with van der Waals surface area (Å²) in [6.45, 7) is 1.75. The van der Waals surface area contributed by atoms with E-state index < -0.39 is 28.8 Å². The fourth-order valence-corrected chi connectivity index (χ4v) is 1.64. The third-order valence-corrected chi connectivity index (χ3v) is 2.82. The van der Waals surface area contributed by atoms with Gasteiger partial charge in [-0.3, -0.25) is 4.79 Å². The van der Waals surface area contributed by atoms with Crippen molar-refractivity contribution in [1.82, 2.24) is 0 Å². The van der Waals surface area contributed by atoms with E-state index in [0.29, 0.717) is 11.8 Å². The van der Waals surface area contributed by atoms with Gasteiger partial charge < -0.3 is 5.73 Å². The molecule has 2 N–H and O–H groups in total. The molecule has 19 heavy (non-hydrogen) atoms. The van der Waals surface area contributed by atoms with Gasteiger partial charge in [-0.25, -0.2) is 13.2 Å². The van der Waals surface area contributed by atoms with Gasteiger partial charge in [0.05, 0.1) is 5.56 Å².